The highest BCUT2D eigenvalue weighted by atomic mass is 35.5. The summed E-state index contributed by atoms with van der Waals surface area (Å²) < 4.78 is 17.1. The van der Waals surface area contributed by atoms with E-state index < -0.39 is 11.9 Å². The van der Waals surface area contributed by atoms with Crippen molar-refractivity contribution in [3.8, 4) is 23.3 Å². The molecule has 1 aliphatic heterocycles. The van der Waals surface area contributed by atoms with Crippen LogP contribution in [0.2, 0.25) is 5.02 Å². The Morgan fingerprint density at radius 3 is 2.66 bits per heavy atom. The molecular formula is C28H25ClN2O4. The lowest BCUT2D eigenvalue weighted by atomic mass is 9.83. The third-order valence-corrected chi connectivity index (χ3v) is 5.89. The van der Waals surface area contributed by atoms with Gasteiger partial charge in [0.2, 0.25) is 5.88 Å². The van der Waals surface area contributed by atoms with Crippen molar-refractivity contribution >= 4 is 17.6 Å². The van der Waals surface area contributed by atoms with Crippen molar-refractivity contribution in [1.29, 1.82) is 5.26 Å². The molecule has 0 saturated carbocycles. The van der Waals surface area contributed by atoms with Crippen molar-refractivity contribution in [2.75, 3.05) is 6.61 Å². The van der Waals surface area contributed by atoms with Crippen LogP contribution in [0.1, 0.15) is 42.4 Å². The first-order valence-corrected chi connectivity index (χ1v) is 11.8. The lowest BCUT2D eigenvalue weighted by molar-refractivity contribution is -0.133. The van der Waals surface area contributed by atoms with E-state index in [4.69, 9.17) is 31.5 Å². The number of hydrogen-bond donors (Lipinski definition) is 1. The third kappa shape index (κ3) is 5.76. The van der Waals surface area contributed by atoms with Crippen molar-refractivity contribution in [3.05, 3.63) is 99.9 Å². The van der Waals surface area contributed by atoms with Crippen molar-refractivity contribution in [2.24, 2.45) is 5.73 Å². The maximum atomic E-state index is 12.4. The Bertz CT molecular complexity index is 1300. The van der Waals surface area contributed by atoms with Gasteiger partial charge in [0, 0.05) is 16.7 Å². The van der Waals surface area contributed by atoms with Gasteiger partial charge in [-0.05, 0) is 47.9 Å². The number of rotatable bonds is 8. The van der Waals surface area contributed by atoms with Crippen LogP contribution in [-0.4, -0.2) is 12.6 Å². The number of nitrogens with two attached hydrogens (primary N) is 1. The number of hydrogen-bond acceptors (Lipinski definition) is 6. The maximum Gasteiger partial charge on any atom is 0.315 e. The topological polar surface area (TPSA) is 94.6 Å². The standard InChI is InChI=1S/C28H25ClN2O4/c1-2-3-13-33-21-6-4-5-19(15-21)27-23-12-11-22(16-25(23)35-28(31)24(27)17-30)34-26(32)14-18-7-9-20(29)10-8-18/h4-12,15-16,27H,2-3,13-14,31H2,1H3. The van der Waals surface area contributed by atoms with Crippen LogP contribution in [0, 0.1) is 11.3 Å². The molecule has 1 heterocycles. The first-order valence-electron chi connectivity index (χ1n) is 11.4. The zero-order valence-corrected chi connectivity index (χ0v) is 20.0. The molecule has 0 radical (unpaired) electrons. The number of halogens is 1. The van der Waals surface area contributed by atoms with E-state index in [0.29, 0.717) is 28.7 Å². The molecule has 0 aliphatic carbocycles. The van der Waals surface area contributed by atoms with Crippen LogP contribution in [-0.2, 0) is 11.2 Å². The number of benzene rings is 3. The molecule has 1 aliphatic rings. The fourth-order valence-corrected chi connectivity index (χ4v) is 4.02. The van der Waals surface area contributed by atoms with E-state index in [2.05, 4.69) is 13.0 Å². The highest BCUT2D eigenvalue weighted by Crippen LogP contribution is 2.44. The highest BCUT2D eigenvalue weighted by molar-refractivity contribution is 6.30. The Morgan fingerprint density at radius 1 is 1.11 bits per heavy atom. The fourth-order valence-electron chi connectivity index (χ4n) is 3.90. The van der Waals surface area contributed by atoms with Gasteiger partial charge in [-0.2, -0.15) is 5.26 Å². The molecule has 1 atom stereocenters. The average molecular weight is 489 g/mol. The largest absolute Gasteiger partial charge is 0.494 e. The Hall–Kier alpha value is -3.95. The van der Waals surface area contributed by atoms with E-state index in [1.807, 2.05) is 24.3 Å². The number of nitrogens with zero attached hydrogens (tertiary/aromatic N) is 1. The zero-order valence-electron chi connectivity index (χ0n) is 19.3. The summed E-state index contributed by atoms with van der Waals surface area (Å²) in [6.45, 7) is 2.73. The zero-order chi connectivity index (χ0) is 24.8. The molecule has 0 amide bonds. The predicted molar refractivity (Wildman–Crippen MR) is 133 cm³/mol. The van der Waals surface area contributed by atoms with Crippen molar-refractivity contribution < 1.29 is 19.0 Å². The smallest absolute Gasteiger partial charge is 0.315 e. The summed E-state index contributed by atoms with van der Waals surface area (Å²) in [5, 5.41) is 10.4. The molecule has 3 aromatic carbocycles. The Labute approximate surface area is 209 Å². The summed E-state index contributed by atoms with van der Waals surface area (Å²) in [4.78, 5) is 12.4. The normalized spacial score (nSPS) is 14.5. The van der Waals surface area contributed by atoms with E-state index in [0.717, 1.165) is 35.3 Å². The minimum atomic E-state index is -0.433. The maximum absolute atomic E-state index is 12.4. The van der Waals surface area contributed by atoms with Crippen molar-refractivity contribution in [2.45, 2.75) is 32.1 Å². The van der Waals surface area contributed by atoms with Gasteiger partial charge in [-0.1, -0.05) is 55.3 Å². The molecule has 6 nitrogen and oxygen atoms in total. The summed E-state index contributed by atoms with van der Waals surface area (Å²) in [5.41, 5.74) is 8.83. The Morgan fingerprint density at radius 2 is 1.91 bits per heavy atom. The second kappa shape index (κ2) is 11.0. The number of nitriles is 1. The molecule has 3 aromatic rings. The number of carbonyl (C=O) groups excluding carboxylic acids is 1. The van der Waals surface area contributed by atoms with Gasteiger partial charge in [0.15, 0.2) is 0 Å². The van der Waals surface area contributed by atoms with Gasteiger partial charge < -0.3 is 19.9 Å². The van der Waals surface area contributed by atoms with Gasteiger partial charge >= 0.3 is 5.97 Å². The average Bonchev–Trinajstić information content (AvgIpc) is 2.85. The third-order valence-electron chi connectivity index (χ3n) is 5.64. The minimum absolute atomic E-state index is 0.0203. The number of fused-ring (bicyclic) bond motifs is 1. The van der Waals surface area contributed by atoms with Crippen LogP contribution in [0.5, 0.6) is 17.2 Å². The summed E-state index contributed by atoms with van der Waals surface area (Å²) in [7, 11) is 0. The molecule has 4 rings (SSSR count). The summed E-state index contributed by atoms with van der Waals surface area (Å²) in [5.74, 6) is 0.654. The first kappa shape index (κ1) is 24.2. The van der Waals surface area contributed by atoms with E-state index in [-0.39, 0.29) is 12.3 Å². The van der Waals surface area contributed by atoms with E-state index >= 15 is 0 Å². The molecule has 0 aromatic heterocycles. The molecule has 0 spiro atoms. The molecule has 1 unspecified atom stereocenters. The lowest BCUT2D eigenvalue weighted by Crippen LogP contribution is -2.21. The van der Waals surface area contributed by atoms with Crippen molar-refractivity contribution in [1.82, 2.24) is 0 Å². The first-order chi connectivity index (χ1) is 17.0. The van der Waals surface area contributed by atoms with Gasteiger partial charge in [0.1, 0.15) is 28.9 Å². The van der Waals surface area contributed by atoms with Crippen LogP contribution < -0.4 is 19.9 Å². The SMILES string of the molecule is CCCCOc1cccc(C2C(C#N)=C(N)Oc3cc(OC(=O)Cc4ccc(Cl)cc4)ccc32)c1. The van der Waals surface area contributed by atoms with E-state index in [1.54, 1.807) is 42.5 Å². The highest BCUT2D eigenvalue weighted by Gasteiger charge is 2.31. The van der Waals surface area contributed by atoms with Crippen molar-refractivity contribution in [3.63, 3.8) is 0 Å². The second-order valence-electron chi connectivity index (χ2n) is 8.18. The summed E-state index contributed by atoms with van der Waals surface area (Å²) >= 11 is 5.90. The van der Waals surface area contributed by atoms with Crippen LogP contribution in [0.25, 0.3) is 0 Å². The number of ether oxygens (including phenoxy) is 3. The molecule has 0 fully saturated rings. The molecule has 2 N–H and O–H groups in total. The molecule has 0 bridgehead atoms. The number of carbonyl (C=O) groups is 1. The monoisotopic (exact) mass is 488 g/mol. The van der Waals surface area contributed by atoms with Crippen LogP contribution in [0.3, 0.4) is 0 Å². The Kier molecular flexibility index (Phi) is 7.59. The number of allylic oxidation sites excluding steroid dienone is 1. The van der Waals surface area contributed by atoms with E-state index in [9.17, 15) is 10.1 Å². The lowest BCUT2D eigenvalue weighted by Gasteiger charge is -2.27. The van der Waals surface area contributed by atoms with Gasteiger partial charge in [-0.3, -0.25) is 4.79 Å². The van der Waals surface area contributed by atoms with Gasteiger partial charge in [0.25, 0.3) is 0 Å². The van der Waals surface area contributed by atoms with Crippen LogP contribution in [0.15, 0.2) is 78.2 Å². The summed E-state index contributed by atoms with van der Waals surface area (Å²) in [6.07, 6.45) is 2.10. The van der Waals surface area contributed by atoms with Gasteiger partial charge in [-0.15, -0.1) is 0 Å². The number of unbranched alkanes of at least 4 members (excludes halogenated alkanes) is 1. The van der Waals surface area contributed by atoms with Crippen LogP contribution in [0.4, 0.5) is 0 Å². The number of esters is 1. The molecule has 178 valence electrons. The van der Waals surface area contributed by atoms with E-state index in [1.165, 1.54) is 0 Å². The molecule has 35 heavy (non-hydrogen) atoms. The van der Waals surface area contributed by atoms with Gasteiger partial charge in [0.05, 0.1) is 18.9 Å². The van der Waals surface area contributed by atoms with Crippen LogP contribution >= 0.6 is 11.6 Å². The molecular weight excluding hydrogens is 464 g/mol. The fraction of sp³-hybridized carbons (Fsp3) is 0.214. The molecule has 0 saturated heterocycles. The van der Waals surface area contributed by atoms with Gasteiger partial charge in [-0.25, -0.2) is 0 Å². The minimum Gasteiger partial charge on any atom is -0.494 e. The second-order valence-corrected chi connectivity index (χ2v) is 8.61. The Balaban J connectivity index is 1.58. The predicted octanol–water partition coefficient (Wildman–Crippen LogP) is 5.89. The summed E-state index contributed by atoms with van der Waals surface area (Å²) in [6, 6.07) is 21.9. The molecule has 7 heteroatoms. The quantitative estimate of drug-likeness (QED) is 0.241.